The van der Waals surface area contributed by atoms with E-state index in [-0.39, 0.29) is 12.5 Å². The highest BCUT2D eigenvalue weighted by Gasteiger charge is 2.21. The van der Waals surface area contributed by atoms with E-state index in [1.54, 1.807) is 7.11 Å². The SMILES string of the molecule is COCCNC(CCC(=O)O)C(O)c1cccs1. The molecule has 102 valence electrons. The Morgan fingerprint density at radius 2 is 2.39 bits per heavy atom. The van der Waals surface area contributed by atoms with Crippen molar-refractivity contribution in [2.24, 2.45) is 0 Å². The maximum Gasteiger partial charge on any atom is 0.303 e. The second kappa shape index (κ2) is 8.20. The smallest absolute Gasteiger partial charge is 0.303 e. The lowest BCUT2D eigenvalue weighted by Gasteiger charge is -2.23. The summed E-state index contributed by atoms with van der Waals surface area (Å²) < 4.78 is 4.93. The monoisotopic (exact) mass is 273 g/mol. The van der Waals surface area contributed by atoms with E-state index in [1.165, 1.54) is 11.3 Å². The van der Waals surface area contributed by atoms with E-state index in [4.69, 9.17) is 9.84 Å². The highest BCUT2D eigenvalue weighted by atomic mass is 32.1. The van der Waals surface area contributed by atoms with Crippen LogP contribution in [0.1, 0.15) is 23.8 Å². The van der Waals surface area contributed by atoms with Crippen LogP contribution in [0, 0.1) is 0 Å². The molecule has 1 rings (SSSR count). The van der Waals surface area contributed by atoms with E-state index in [2.05, 4.69) is 5.32 Å². The number of carboxylic acids is 1. The number of carboxylic acid groups (broad SMARTS) is 1. The van der Waals surface area contributed by atoms with Crippen molar-refractivity contribution in [3.63, 3.8) is 0 Å². The molecule has 6 heteroatoms. The molecule has 0 aliphatic carbocycles. The molecule has 0 bridgehead atoms. The van der Waals surface area contributed by atoms with Crippen molar-refractivity contribution in [3.8, 4) is 0 Å². The van der Waals surface area contributed by atoms with Gasteiger partial charge in [-0.1, -0.05) is 6.07 Å². The van der Waals surface area contributed by atoms with Crippen LogP contribution in [0.3, 0.4) is 0 Å². The highest BCUT2D eigenvalue weighted by Crippen LogP contribution is 2.24. The molecule has 0 spiro atoms. The molecule has 1 aromatic rings. The van der Waals surface area contributed by atoms with Crippen LogP contribution in [0.5, 0.6) is 0 Å². The second-order valence-electron chi connectivity index (χ2n) is 3.95. The number of nitrogens with one attached hydrogen (secondary N) is 1. The molecule has 0 radical (unpaired) electrons. The Hall–Kier alpha value is -0.950. The Balaban J connectivity index is 2.54. The summed E-state index contributed by atoms with van der Waals surface area (Å²) in [5.74, 6) is -0.855. The van der Waals surface area contributed by atoms with E-state index in [1.807, 2.05) is 17.5 Å². The summed E-state index contributed by atoms with van der Waals surface area (Å²) in [6.45, 7) is 1.12. The number of hydrogen-bond acceptors (Lipinski definition) is 5. The van der Waals surface area contributed by atoms with E-state index < -0.39 is 12.1 Å². The van der Waals surface area contributed by atoms with Gasteiger partial charge in [-0.15, -0.1) is 11.3 Å². The molecule has 1 aromatic heterocycles. The van der Waals surface area contributed by atoms with Gasteiger partial charge < -0.3 is 20.3 Å². The quantitative estimate of drug-likeness (QED) is 0.590. The van der Waals surface area contributed by atoms with Crippen molar-refractivity contribution in [2.75, 3.05) is 20.3 Å². The lowest BCUT2D eigenvalue weighted by Crippen LogP contribution is -2.37. The molecular formula is C12H19NO4S. The Kier molecular flexibility index (Phi) is 6.89. The highest BCUT2D eigenvalue weighted by molar-refractivity contribution is 7.10. The first-order chi connectivity index (χ1) is 8.65. The summed E-state index contributed by atoms with van der Waals surface area (Å²) in [7, 11) is 1.60. The van der Waals surface area contributed by atoms with Crippen LogP contribution in [0.2, 0.25) is 0 Å². The Bertz CT molecular complexity index is 342. The Labute approximate surface area is 110 Å². The average Bonchev–Trinajstić information content (AvgIpc) is 2.86. The Morgan fingerprint density at radius 3 is 2.94 bits per heavy atom. The molecule has 0 amide bonds. The minimum atomic E-state index is -0.855. The van der Waals surface area contributed by atoms with Crippen LogP contribution in [-0.4, -0.2) is 42.5 Å². The van der Waals surface area contributed by atoms with Gasteiger partial charge in [0.05, 0.1) is 6.61 Å². The summed E-state index contributed by atoms with van der Waals surface area (Å²) in [6.07, 6.45) is -0.258. The lowest BCUT2D eigenvalue weighted by molar-refractivity contribution is -0.137. The maximum atomic E-state index is 10.6. The summed E-state index contributed by atoms with van der Waals surface area (Å²) in [5.41, 5.74) is 0. The first-order valence-electron chi connectivity index (χ1n) is 5.80. The molecule has 2 unspecified atom stereocenters. The molecule has 5 nitrogen and oxygen atoms in total. The normalized spacial score (nSPS) is 14.3. The molecule has 0 aliphatic heterocycles. The maximum absolute atomic E-state index is 10.6. The summed E-state index contributed by atoms with van der Waals surface area (Å²) in [4.78, 5) is 11.5. The van der Waals surface area contributed by atoms with Gasteiger partial charge in [-0.05, 0) is 17.9 Å². The number of aliphatic hydroxyl groups excluding tert-OH is 1. The fraction of sp³-hybridized carbons (Fsp3) is 0.583. The van der Waals surface area contributed by atoms with E-state index in [0.29, 0.717) is 19.6 Å². The fourth-order valence-electron chi connectivity index (χ4n) is 1.65. The van der Waals surface area contributed by atoms with E-state index in [9.17, 15) is 9.90 Å². The van der Waals surface area contributed by atoms with Gasteiger partial charge in [0.1, 0.15) is 6.10 Å². The number of thiophene rings is 1. The number of hydrogen-bond donors (Lipinski definition) is 3. The number of carbonyl (C=O) groups is 1. The van der Waals surface area contributed by atoms with Crippen LogP contribution < -0.4 is 5.32 Å². The van der Waals surface area contributed by atoms with Gasteiger partial charge in [-0.3, -0.25) is 4.79 Å². The van der Waals surface area contributed by atoms with Crippen molar-refractivity contribution in [3.05, 3.63) is 22.4 Å². The number of rotatable bonds is 9. The molecule has 0 saturated carbocycles. The van der Waals surface area contributed by atoms with Crippen molar-refractivity contribution < 1.29 is 19.7 Å². The third-order valence-electron chi connectivity index (χ3n) is 2.60. The molecule has 0 fully saturated rings. The van der Waals surface area contributed by atoms with Crippen molar-refractivity contribution in [2.45, 2.75) is 25.0 Å². The number of ether oxygens (including phenoxy) is 1. The predicted molar refractivity (Wildman–Crippen MR) is 69.8 cm³/mol. The largest absolute Gasteiger partial charge is 0.481 e. The zero-order chi connectivity index (χ0) is 13.4. The first kappa shape index (κ1) is 15.1. The average molecular weight is 273 g/mol. The van der Waals surface area contributed by atoms with Gasteiger partial charge in [-0.25, -0.2) is 0 Å². The minimum Gasteiger partial charge on any atom is -0.481 e. The molecule has 0 aliphatic rings. The van der Waals surface area contributed by atoms with Gasteiger partial charge in [0.2, 0.25) is 0 Å². The second-order valence-corrected chi connectivity index (χ2v) is 4.93. The van der Waals surface area contributed by atoms with E-state index in [0.717, 1.165) is 4.88 Å². The van der Waals surface area contributed by atoms with Crippen LogP contribution in [0.4, 0.5) is 0 Å². The third kappa shape index (κ3) is 5.14. The minimum absolute atomic E-state index is 0.0348. The van der Waals surface area contributed by atoms with Gasteiger partial charge >= 0.3 is 5.97 Å². The summed E-state index contributed by atoms with van der Waals surface area (Å²) in [5, 5.41) is 23.9. The lowest BCUT2D eigenvalue weighted by atomic mass is 10.0. The topological polar surface area (TPSA) is 78.8 Å². The first-order valence-corrected chi connectivity index (χ1v) is 6.68. The number of methoxy groups -OCH3 is 1. The van der Waals surface area contributed by atoms with Crippen molar-refractivity contribution in [1.82, 2.24) is 5.32 Å². The standard InChI is InChI=1S/C12H19NO4S/c1-17-7-6-13-9(4-5-11(14)15)12(16)10-3-2-8-18-10/h2-3,8-9,12-13,16H,4-7H2,1H3,(H,14,15). The molecule has 1 heterocycles. The summed E-state index contributed by atoms with van der Waals surface area (Å²) in [6, 6.07) is 3.45. The molecule has 3 N–H and O–H groups in total. The van der Waals surface area contributed by atoms with Crippen molar-refractivity contribution >= 4 is 17.3 Å². The number of aliphatic carboxylic acids is 1. The van der Waals surface area contributed by atoms with Gasteiger partial charge in [-0.2, -0.15) is 0 Å². The summed E-state index contributed by atoms with van der Waals surface area (Å²) >= 11 is 1.46. The van der Waals surface area contributed by atoms with Gasteiger partial charge in [0, 0.05) is 31.0 Å². The number of aliphatic hydroxyl groups is 1. The van der Waals surface area contributed by atoms with Crippen LogP contribution in [0.15, 0.2) is 17.5 Å². The van der Waals surface area contributed by atoms with Crippen LogP contribution in [0.25, 0.3) is 0 Å². The Morgan fingerprint density at radius 1 is 1.61 bits per heavy atom. The molecule has 2 atom stereocenters. The molecular weight excluding hydrogens is 254 g/mol. The zero-order valence-electron chi connectivity index (χ0n) is 10.3. The van der Waals surface area contributed by atoms with E-state index >= 15 is 0 Å². The van der Waals surface area contributed by atoms with Crippen LogP contribution >= 0.6 is 11.3 Å². The zero-order valence-corrected chi connectivity index (χ0v) is 11.2. The van der Waals surface area contributed by atoms with Crippen LogP contribution in [-0.2, 0) is 9.53 Å². The predicted octanol–water partition coefficient (Wildman–Crippen LogP) is 1.25. The van der Waals surface area contributed by atoms with Gasteiger partial charge in [0.15, 0.2) is 0 Å². The molecule has 18 heavy (non-hydrogen) atoms. The molecule has 0 aromatic carbocycles. The third-order valence-corrected chi connectivity index (χ3v) is 3.54. The molecule has 0 saturated heterocycles. The van der Waals surface area contributed by atoms with Gasteiger partial charge in [0.25, 0.3) is 0 Å². The fourth-order valence-corrected chi connectivity index (χ4v) is 2.43. The van der Waals surface area contributed by atoms with Crippen molar-refractivity contribution in [1.29, 1.82) is 0 Å².